The average Bonchev–Trinajstić information content (AvgIpc) is 1.90. The normalized spacial score (nSPS) is 17.1. The second kappa shape index (κ2) is 2.72. The molecule has 1 rings (SSSR count). The summed E-state index contributed by atoms with van der Waals surface area (Å²) in [5, 5.41) is 8.59. The summed E-state index contributed by atoms with van der Waals surface area (Å²) in [6, 6.07) is 0. The lowest BCUT2D eigenvalue weighted by molar-refractivity contribution is 0.892. The molecular formula is C4H8N4S. The standard InChI is InChI=1S/C4H8N4S/c1-3-5-7-4(9-2)8-6-3/h1-2H3,(H,5,6)(H,7,8). The number of nitrogens with one attached hydrogen (secondary N) is 2. The largest absolute Gasteiger partial charge is 0.261 e. The predicted molar refractivity (Wildman–Crippen MR) is 40.3 cm³/mol. The Balaban J connectivity index is 2.48. The first-order valence-electron chi connectivity index (χ1n) is 2.51. The molecule has 1 aliphatic rings. The third-order valence-corrected chi connectivity index (χ3v) is 1.40. The fraction of sp³-hybridized carbons (Fsp3) is 0.500. The SMILES string of the molecule is CSC1=NNC(C)=NN1. The number of hydrogen-bond donors (Lipinski definition) is 2. The van der Waals surface area contributed by atoms with E-state index in [1.54, 1.807) is 0 Å². The molecular weight excluding hydrogens is 136 g/mol. The maximum atomic E-state index is 3.92. The fourth-order valence-corrected chi connectivity index (χ4v) is 0.678. The zero-order chi connectivity index (χ0) is 6.69. The molecule has 0 saturated heterocycles. The summed E-state index contributed by atoms with van der Waals surface area (Å²) in [4.78, 5) is 0. The van der Waals surface area contributed by atoms with Gasteiger partial charge >= 0.3 is 0 Å². The van der Waals surface area contributed by atoms with Crippen LogP contribution in [0.2, 0.25) is 0 Å². The Morgan fingerprint density at radius 1 is 1.33 bits per heavy atom. The molecule has 50 valence electrons. The lowest BCUT2D eigenvalue weighted by atomic mass is 10.7. The number of thioether (sulfide) groups is 1. The number of rotatable bonds is 0. The van der Waals surface area contributed by atoms with Crippen LogP contribution in [0.25, 0.3) is 0 Å². The number of nitrogens with zero attached hydrogens (tertiary/aromatic N) is 2. The Morgan fingerprint density at radius 2 is 2.11 bits per heavy atom. The first-order valence-corrected chi connectivity index (χ1v) is 3.73. The molecule has 4 nitrogen and oxygen atoms in total. The Bertz CT molecular complexity index is 162. The predicted octanol–water partition coefficient (Wildman–Crippen LogP) is 0.147. The molecule has 0 spiro atoms. The minimum Gasteiger partial charge on any atom is -0.261 e. The maximum absolute atomic E-state index is 3.92. The third kappa shape index (κ3) is 1.60. The fourth-order valence-electron chi connectivity index (χ4n) is 0.405. The highest BCUT2D eigenvalue weighted by Crippen LogP contribution is 1.95. The van der Waals surface area contributed by atoms with Gasteiger partial charge in [-0.15, -0.1) is 5.10 Å². The zero-order valence-electron chi connectivity index (χ0n) is 5.30. The molecule has 0 atom stereocenters. The van der Waals surface area contributed by atoms with E-state index < -0.39 is 0 Å². The monoisotopic (exact) mass is 144 g/mol. The smallest absolute Gasteiger partial charge is 0.200 e. The second-order valence-electron chi connectivity index (χ2n) is 1.54. The molecule has 0 aromatic rings. The van der Waals surface area contributed by atoms with Crippen molar-refractivity contribution in [1.82, 2.24) is 10.9 Å². The van der Waals surface area contributed by atoms with Crippen LogP contribution in [0.3, 0.4) is 0 Å². The van der Waals surface area contributed by atoms with E-state index in [9.17, 15) is 0 Å². The molecule has 0 unspecified atom stereocenters. The Hall–Kier alpha value is -0.710. The molecule has 0 saturated carbocycles. The molecule has 9 heavy (non-hydrogen) atoms. The third-order valence-electron chi connectivity index (χ3n) is 0.832. The van der Waals surface area contributed by atoms with E-state index in [-0.39, 0.29) is 0 Å². The van der Waals surface area contributed by atoms with Crippen molar-refractivity contribution < 1.29 is 0 Å². The Kier molecular flexibility index (Phi) is 1.94. The Labute approximate surface area is 57.8 Å². The summed E-state index contributed by atoms with van der Waals surface area (Å²) in [7, 11) is 0. The van der Waals surface area contributed by atoms with E-state index in [1.807, 2.05) is 13.2 Å². The summed E-state index contributed by atoms with van der Waals surface area (Å²) in [5.41, 5.74) is 5.49. The van der Waals surface area contributed by atoms with Crippen LogP contribution in [-0.2, 0) is 0 Å². The second-order valence-corrected chi connectivity index (χ2v) is 2.34. The molecule has 2 N–H and O–H groups in total. The van der Waals surface area contributed by atoms with Gasteiger partial charge in [0.2, 0.25) is 5.17 Å². The van der Waals surface area contributed by atoms with Crippen LogP contribution in [-0.4, -0.2) is 17.3 Å². The minimum absolute atomic E-state index is 0.785. The van der Waals surface area contributed by atoms with Crippen molar-refractivity contribution in [3.05, 3.63) is 0 Å². The number of hydrogen-bond acceptors (Lipinski definition) is 5. The highest BCUT2D eigenvalue weighted by atomic mass is 32.2. The molecule has 0 aromatic carbocycles. The Morgan fingerprint density at radius 3 is 2.56 bits per heavy atom. The lowest BCUT2D eigenvalue weighted by Gasteiger charge is -2.08. The molecule has 1 aliphatic heterocycles. The van der Waals surface area contributed by atoms with E-state index in [4.69, 9.17) is 0 Å². The van der Waals surface area contributed by atoms with Crippen LogP contribution in [0, 0.1) is 0 Å². The van der Waals surface area contributed by atoms with Gasteiger partial charge in [-0.3, -0.25) is 10.9 Å². The van der Waals surface area contributed by atoms with Crippen molar-refractivity contribution in [3.63, 3.8) is 0 Å². The minimum atomic E-state index is 0.785. The van der Waals surface area contributed by atoms with Gasteiger partial charge in [-0.1, -0.05) is 11.8 Å². The van der Waals surface area contributed by atoms with E-state index >= 15 is 0 Å². The first-order chi connectivity index (χ1) is 4.33. The molecule has 1 heterocycles. The molecule has 0 bridgehead atoms. The number of hydrazone groups is 2. The molecule has 0 aromatic heterocycles. The first kappa shape index (κ1) is 6.41. The van der Waals surface area contributed by atoms with E-state index in [0.717, 1.165) is 11.0 Å². The van der Waals surface area contributed by atoms with Crippen LogP contribution in [0.4, 0.5) is 0 Å². The van der Waals surface area contributed by atoms with Crippen LogP contribution in [0.15, 0.2) is 10.2 Å². The highest BCUT2D eigenvalue weighted by molar-refractivity contribution is 8.13. The van der Waals surface area contributed by atoms with Gasteiger partial charge in [-0.05, 0) is 13.2 Å². The van der Waals surface area contributed by atoms with Gasteiger partial charge in [-0.2, -0.15) is 5.10 Å². The topological polar surface area (TPSA) is 48.8 Å². The van der Waals surface area contributed by atoms with Gasteiger partial charge in [0, 0.05) is 0 Å². The van der Waals surface area contributed by atoms with Gasteiger partial charge in [-0.25, -0.2) is 0 Å². The van der Waals surface area contributed by atoms with Crippen LogP contribution < -0.4 is 10.9 Å². The van der Waals surface area contributed by atoms with Crippen molar-refractivity contribution >= 4 is 22.8 Å². The molecule has 0 aliphatic carbocycles. The summed E-state index contributed by atoms with van der Waals surface area (Å²) in [5.74, 6) is 0.785. The van der Waals surface area contributed by atoms with Crippen molar-refractivity contribution in [3.8, 4) is 0 Å². The van der Waals surface area contributed by atoms with Gasteiger partial charge in [0.25, 0.3) is 0 Å². The summed E-state index contributed by atoms with van der Waals surface area (Å²) >= 11 is 1.52. The van der Waals surface area contributed by atoms with Crippen molar-refractivity contribution in [2.75, 3.05) is 6.26 Å². The van der Waals surface area contributed by atoms with Gasteiger partial charge in [0.15, 0.2) is 0 Å². The summed E-state index contributed by atoms with van der Waals surface area (Å²) < 4.78 is 0. The van der Waals surface area contributed by atoms with Gasteiger partial charge in [0.05, 0.1) is 0 Å². The van der Waals surface area contributed by atoms with Gasteiger partial charge in [0.1, 0.15) is 5.84 Å². The van der Waals surface area contributed by atoms with E-state index in [1.165, 1.54) is 11.8 Å². The van der Waals surface area contributed by atoms with E-state index in [0.29, 0.717) is 0 Å². The van der Waals surface area contributed by atoms with Gasteiger partial charge < -0.3 is 0 Å². The quantitative estimate of drug-likeness (QED) is 0.508. The van der Waals surface area contributed by atoms with Crippen LogP contribution >= 0.6 is 11.8 Å². The zero-order valence-corrected chi connectivity index (χ0v) is 6.12. The summed E-state index contributed by atoms with van der Waals surface area (Å²) in [6.07, 6.45) is 1.93. The summed E-state index contributed by atoms with van der Waals surface area (Å²) in [6.45, 7) is 1.84. The lowest BCUT2D eigenvalue weighted by Crippen LogP contribution is -2.29. The average molecular weight is 144 g/mol. The molecule has 0 fully saturated rings. The van der Waals surface area contributed by atoms with E-state index in [2.05, 4.69) is 21.1 Å². The molecule has 0 amide bonds. The maximum Gasteiger partial charge on any atom is 0.200 e. The van der Waals surface area contributed by atoms with Crippen molar-refractivity contribution in [1.29, 1.82) is 0 Å². The van der Waals surface area contributed by atoms with Crippen LogP contribution in [0.5, 0.6) is 0 Å². The molecule has 0 radical (unpaired) electrons. The van der Waals surface area contributed by atoms with Crippen molar-refractivity contribution in [2.24, 2.45) is 10.2 Å². The van der Waals surface area contributed by atoms with Crippen molar-refractivity contribution in [2.45, 2.75) is 6.92 Å². The number of amidine groups is 2. The van der Waals surface area contributed by atoms with Crippen LogP contribution in [0.1, 0.15) is 6.92 Å². The molecule has 5 heteroatoms. The highest BCUT2D eigenvalue weighted by Gasteiger charge is 1.99.